The third-order valence-corrected chi connectivity index (χ3v) is 3.26. The molecule has 2 N–H and O–H groups in total. The second-order valence-electron chi connectivity index (χ2n) is 4.66. The summed E-state index contributed by atoms with van der Waals surface area (Å²) in [5, 5.41) is 12.0. The molecule has 5 nitrogen and oxygen atoms in total. The van der Waals surface area contributed by atoms with Crippen LogP contribution in [0.25, 0.3) is 0 Å². The Morgan fingerprint density at radius 2 is 2.16 bits per heavy atom. The van der Waals surface area contributed by atoms with E-state index in [2.05, 4.69) is 5.32 Å². The summed E-state index contributed by atoms with van der Waals surface area (Å²) in [4.78, 5) is 24.8. The Balaban J connectivity index is 2.15. The van der Waals surface area contributed by atoms with Gasteiger partial charge in [0.15, 0.2) is 0 Å². The highest BCUT2D eigenvalue weighted by molar-refractivity contribution is 5.88. The summed E-state index contributed by atoms with van der Waals surface area (Å²) in [6.07, 6.45) is 1.32. The lowest BCUT2D eigenvalue weighted by Crippen LogP contribution is -2.45. The van der Waals surface area contributed by atoms with Gasteiger partial charge in [-0.2, -0.15) is 0 Å². The number of rotatable bonds is 5. The quantitative estimate of drug-likeness (QED) is 0.831. The van der Waals surface area contributed by atoms with Crippen molar-refractivity contribution in [2.24, 2.45) is 0 Å². The minimum Gasteiger partial charge on any atom is -0.480 e. The first-order chi connectivity index (χ1) is 9.13. The van der Waals surface area contributed by atoms with Gasteiger partial charge in [0, 0.05) is 18.7 Å². The Hall–Kier alpha value is -2.04. The highest BCUT2D eigenvalue weighted by Gasteiger charge is 2.34. The molecule has 1 amide bonds. The van der Waals surface area contributed by atoms with Gasteiger partial charge >= 0.3 is 5.97 Å². The smallest absolute Gasteiger partial charge is 0.326 e. The van der Waals surface area contributed by atoms with Crippen molar-refractivity contribution in [1.29, 1.82) is 0 Å². The Labute approximate surface area is 112 Å². The molecule has 1 aromatic carbocycles. The lowest BCUT2D eigenvalue weighted by Gasteiger charge is -2.23. The van der Waals surface area contributed by atoms with Gasteiger partial charge in [-0.05, 0) is 18.1 Å². The van der Waals surface area contributed by atoms with E-state index in [1.807, 2.05) is 31.2 Å². The SMILES string of the molecule is CCCNC(=O)CN1c2ccccc2CC1C(=O)O. The summed E-state index contributed by atoms with van der Waals surface area (Å²) < 4.78 is 0. The summed E-state index contributed by atoms with van der Waals surface area (Å²) in [7, 11) is 0. The van der Waals surface area contributed by atoms with Gasteiger partial charge in [-0.25, -0.2) is 4.79 Å². The Morgan fingerprint density at radius 1 is 1.42 bits per heavy atom. The van der Waals surface area contributed by atoms with E-state index < -0.39 is 12.0 Å². The van der Waals surface area contributed by atoms with Crippen LogP contribution in [0.2, 0.25) is 0 Å². The molecule has 0 bridgehead atoms. The minimum atomic E-state index is -0.889. The largest absolute Gasteiger partial charge is 0.480 e. The maximum absolute atomic E-state index is 11.8. The van der Waals surface area contributed by atoms with E-state index in [1.54, 1.807) is 4.90 Å². The number of benzene rings is 1. The average molecular weight is 262 g/mol. The van der Waals surface area contributed by atoms with Crippen LogP contribution in [0.3, 0.4) is 0 Å². The number of carbonyl (C=O) groups excluding carboxylic acids is 1. The van der Waals surface area contributed by atoms with Crippen molar-refractivity contribution in [3.63, 3.8) is 0 Å². The van der Waals surface area contributed by atoms with Crippen LogP contribution in [0.4, 0.5) is 5.69 Å². The minimum absolute atomic E-state index is 0.0913. The molecule has 1 aliphatic rings. The molecule has 1 aliphatic heterocycles. The standard InChI is InChI=1S/C14H18N2O3/c1-2-7-15-13(17)9-16-11-6-4-3-5-10(11)8-12(16)14(18)19/h3-6,12H,2,7-9H2,1H3,(H,15,17)(H,18,19). The number of aliphatic carboxylic acids is 1. The number of carboxylic acid groups (broad SMARTS) is 1. The fraction of sp³-hybridized carbons (Fsp3) is 0.429. The molecule has 0 aromatic heterocycles. The van der Waals surface area contributed by atoms with E-state index in [0.717, 1.165) is 17.7 Å². The average Bonchev–Trinajstić information content (AvgIpc) is 2.76. The summed E-state index contributed by atoms with van der Waals surface area (Å²) in [5.74, 6) is -1.02. The van der Waals surface area contributed by atoms with Crippen molar-refractivity contribution >= 4 is 17.6 Å². The number of fused-ring (bicyclic) bond motifs is 1. The summed E-state index contributed by atoms with van der Waals surface area (Å²) in [5.41, 5.74) is 1.83. The van der Waals surface area contributed by atoms with Crippen LogP contribution < -0.4 is 10.2 Å². The molecule has 5 heteroatoms. The van der Waals surface area contributed by atoms with Gasteiger partial charge in [0.05, 0.1) is 6.54 Å². The molecule has 1 aromatic rings. The fourth-order valence-electron chi connectivity index (χ4n) is 2.34. The first kappa shape index (κ1) is 13.4. The number of carboxylic acids is 1. The molecule has 0 spiro atoms. The second-order valence-corrected chi connectivity index (χ2v) is 4.66. The van der Waals surface area contributed by atoms with Crippen LogP contribution in [-0.4, -0.2) is 36.1 Å². The van der Waals surface area contributed by atoms with Crippen LogP contribution in [0.15, 0.2) is 24.3 Å². The number of anilines is 1. The van der Waals surface area contributed by atoms with E-state index in [9.17, 15) is 14.7 Å². The van der Waals surface area contributed by atoms with Crippen molar-refractivity contribution < 1.29 is 14.7 Å². The maximum Gasteiger partial charge on any atom is 0.326 e. The predicted octanol–water partition coefficient (Wildman–Crippen LogP) is 1.03. The first-order valence-corrected chi connectivity index (χ1v) is 6.47. The number of carbonyl (C=O) groups is 2. The van der Waals surface area contributed by atoms with E-state index in [0.29, 0.717) is 13.0 Å². The van der Waals surface area contributed by atoms with Gasteiger partial charge in [0.25, 0.3) is 0 Å². The van der Waals surface area contributed by atoms with Gasteiger partial charge in [-0.1, -0.05) is 25.1 Å². The topological polar surface area (TPSA) is 69.6 Å². The summed E-state index contributed by atoms with van der Waals surface area (Å²) >= 11 is 0. The lowest BCUT2D eigenvalue weighted by molar-refractivity contribution is -0.138. The van der Waals surface area contributed by atoms with Gasteiger partial charge in [-0.15, -0.1) is 0 Å². The Bertz CT molecular complexity index is 487. The second kappa shape index (κ2) is 5.73. The molecule has 1 atom stereocenters. The van der Waals surface area contributed by atoms with Crippen molar-refractivity contribution in [2.45, 2.75) is 25.8 Å². The van der Waals surface area contributed by atoms with Crippen molar-refractivity contribution in [1.82, 2.24) is 5.32 Å². The molecule has 0 radical (unpaired) electrons. The molecule has 1 unspecified atom stereocenters. The van der Waals surface area contributed by atoms with Crippen LogP contribution in [0.1, 0.15) is 18.9 Å². The monoisotopic (exact) mass is 262 g/mol. The number of nitrogens with one attached hydrogen (secondary N) is 1. The normalized spacial score (nSPS) is 17.1. The Kier molecular flexibility index (Phi) is 4.04. The molecular formula is C14H18N2O3. The zero-order valence-electron chi connectivity index (χ0n) is 10.9. The molecule has 1 heterocycles. The molecule has 0 fully saturated rings. The predicted molar refractivity (Wildman–Crippen MR) is 72.2 cm³/mol. The molecule has 0 saturated heterocycles. The summed E-state index contributed by atoms with van der Waals surface area (Å²) in [6.45, 7) is 2.69. The molecular weight excluding hydrogens is 244 g/mol. The van der Waals surface area contributed by atoms with Crippen LogP contribution >= 0.6 is 0 Å². The lowest BCUT2D eigenvalue weighted by atomic mass is 10.1. The zero-order valence-corrected chi connectivity index (χ0v) is 10.9. The van der Waals surface area contributed by atoms with Crippen LogP contribution in [0.5, 0.6) is 0 Å². The zero-order chi connectivity index (χ0) is 13.8. The first-order valence-electron chi connectivity index (χ1n) is 6.47. The molecule has 0 aliphatic carbocycles. The van der Waals surface area contributed by atoms with Gasteiger partial charge in [0.2, 0.25) is 5.91 Å². The number of para-hydroxylation sites is 1. The number of amides is 1. The third kappa shape index (κ3) is 2.86. The fourth-order valence-corrected chi connectivity index (χ4v) is 2.34. The maximum atomic E-state index is 11.8. The third-order valence-electron chi connectivity index (χ3n) is 3.26. The van der Waals surface area contributed by atoms with Gasteiger partial charge in [-0.3, -0.25) is 4.79 Å². The molecule has 102 valence electrons. The van der Waals surface area contributed by atoms with Crippen LogP contribution in [0, 0.1) is 0 Å². The highest BCUT2D eigenvalue weighted by atomic mass is 16.4. The Morgan fingerprint density at radius 3 is 2.84 bits per heavy atom. The molecule has 2 rings (SSSR count). The number of hydrogen-bond donors (Lipinski definition) is 2. The van der Waals surface area contributed by atoms with E-state index in [1.165, 1.54) is 0 Å². The highest BCUT2D eigenvalue weighted by Crippen LogP contribution is 2.31. The molecule has 0 saturated carbocycles. The number of nitrogens with zero attached hydrogens (tertiary/aromatic N) is 1. The van der Waals surface area contributed by atoms with Gasteiger partial charge in [0.1, 0.15) is 6.04 Å². The van der Waals surface area contributed by atoms with Crippen molar-refractivity contribution in [3.05, 3.63) is 29.8 Å². The van der Waals surface area contributed by atoms with Crippen molar-refractivity contribution in [2.75, 3.05) is 18.0 Å². The summed E-state index contributed by atoms with van der Waals surface area (Å²) in [6, 6.07) is 6.88. The molecule has 19 heavy (non-hydrogen) atoms. The van der Waals surface area contributed by atoms with E-state index in [4.69, 9.17) is 0 Å². The van der Waals surface area contributed by atoms with E-state index >= 15 is 0 Å². The number of hydrogen-bond acceptors (Lipinski definition) is 3. The van der Waals surface area contributed by atoms with Gasteiger partial charge < -0.3 is 15.3 Å². The van der Waals surface area contributed by atoms with E-state index in [-0.39, 0.29) is 12.5 Å². The van der Waals surface area contributed by atoms with Crippen molar-refractivity contribution in [3.8, 4) is 0 Å². The van der Waals surface area contributed by atoms with Crippen LogP contribution in [-0.2, 0) is 16.0 Å².